The predicted octanol–water partition coefficient (Wildman–Crippen LogP) is 5.04. The number of carbonyl (C=O) groups excluding carboxylic acids is 1. The van der Waals surface area contributed by atoms with Crippen molar-refractivity contribution >= 4 is 17.4 Å². The number of hydrogen-bond donors (Lipinski definition) is 0. The summed E-state index contributed by atoms with van der Waals surface area (Å²) in [5, 5.41) is 0.464. The van der Waals surface area contributed by atoms with Crippen LogP contribution >= 0.6 is 11.6 Å². The van der Waals surface area contributed by atoms with Gasteiger partial charge >= 0.3 is 0 Å². The van der Waals surface area contributed by atoms with E-state index < -0.39 is 0 Å². The molecule has 1 aliphatic heterocycles. The number of benzene rings is 3. The molecule has 3 aromatic rings. The summed E-state index contributed by atoms with van der Waals surface area (Å²) < 4.78 is 16.6. The topological polar surface area (TPSA) is 44.8 Å². The van der Waals surface area contributed by atoms with Gasteiger partial charge < -0.3 is 14.2 Å². The van der Waals surface area contributed by atoms with Crippen molar-refractivity contribution in [2.24, 2.45) is 0 Å². The fourth-order valence-corrected chi connectivity index (χ4v) is 3.11. The first-order valence-corrected chi connectivity index (χ1v) is 8.99. The Labute approximate surface area is 162 Å². The lowest BCUT2D eigenvalue weighted by molar-refractivity contribution is 0.0920. The van der Waals surface area contributed by atoms with Gasteiger partial charge in [0.15, 0.2) is 23.9 Å². The van der Waals surface area contributed by atoms with Gasteiger partial charge in [0.1, 0.15) is 19.0 Å². The van der Waals surface area contributed by atoms with Crippen LogP contribution in [0.25, 0.3) is 11.1 Å². The lowest BCUT2D eigenvalue weighted by atomic mass is 10.1. The molecule has 0 atom stereocenters. The number of ketones is 1. The Morgan fingerprint density at radius 2 is 1.67 bits per heavy atom. The van der Waals surface area contributed by atoms with Crippen molar-refractivity contribution in [1.29, 1.82) is 0 Å². The van der Waals surface area contributed by atoms with Crippen LogP contribution in [-0.4, -0.2) is 25.6 Å². The van der Waals surface area contributed by atoms with Crippen molar-refractivity contribution in [1.82, 2.24) is 0 Å². The Bertz CT molecular complexity index is 969. The summed E-state index contributed by atoms with van der Waals surface area (Å²) in [6.45, 7) is 0.884. The maximum absolute atomic E-state index is 12.4. The van der Waals surface area contributed by atoms with Gasteiger partial charge in [-0.05, 0) is 41.5 Å². The van der Waals surface area contributed by atoms with Gasteiger partial charge in [-0.1, -0.05) is 48.0 Å². The first kappa shape index (κ1) is 17.4. The lowest BCUT2D eigenvalue weighted by Gasteiger charge is -2.18. The van der Waals surface area contributed by atoms with Crippen LogP contribution in [0, 0.1) is 0 Å². The third-order valence-corrected chi connectivity index (χ3v) is 4.56. The number of ether oxygens (including phenoxy) is 3. The molecule has 0 saturated heterocycles. The number of carbonyl (C=O) groups is 1. The van der Waals surface area contributed by atoms with Gasteiger partial charge in [0.25, 0.3) is 0 Å². The molecular formula is C22H17ClO4. The molecule has 136 valence electrons. The fourth-order valence-electron chi connectivity index (χ4n) is 2.87. The van der Waals surface area contributed by atoms with E-state index in [-0.39, 0.29) is 12.4 Å². The fraction of sp³-hybridized carbons (Fsp3) is 0.136. The highest BCUT2D eigenvalue weighted by molar-refractivity contribution is 6.32. The van der Waals surface area contributed by atoms with Crippen molar-refractivity contribution in [3.8, 4) is 28.4 Å². The molecule has 0 aromatic heterocycles. The van der Waals surface area contributed by atoms with Gasteiger partial charge in [-0.2, -0.15) is 0 Å². The summed E-state index contributed by atoms with van der Waals surface area (Å²) in [6.07, 6.45) is 0. The maximum atomic E-state index is 12.4. The molecule has 0 radical (unpaired) electrons. The highest BCUT2D eigenvalue weighted by Gasteiger charge is 2.16. The molecule has 0 N–H and O–H groups in total. The summed E-state index contributed by atoms with van der Waals surface area (Å²) in [5.41, 5.74) is 2.57. The number of hydrogen-bond acceptors (Lipinski definition) is 4. The van der Waals surface area contributed by atoms with Crippen molar-refractivity contribution in [2.75, 3.05) is 19.8 Å². The molecule has 4 nitrogen and oxygen atoms in total. The molecule has 0 amide bonds. The van der Waals surface area contributed by atoms with Crippen molar-refractivity contribution < 1.29 is 19.0 Å². The highest BCUT2D eigenvalue weighted by atomic mass is 35.5. The van der Waals surface area contributed by atoms with Crippen molar-refractivity contribution in [3.05, 3.63) is 77.3 Å². The standard InChI is InChI=1S/C22H17ClO4/c23-18-12-16(15-4-2-1-3-5-15)6-8-20(18)27-14-19(24)17-7-9-21-22(13-17)26-11-10-25-21/h1-9,12-13H,10-11,14H2. The summed E-state index contributed by atoms with van der Waals surface area (Å²) in [5.74, 6) is 1.55. The Morgan fingerprint density at radius 1 is 0.889 bits per heavy atom. The van der Waals surface area contributed by atoms with Crippen LogP contribution < -0.4 is 14.2 Å². The van der Waals surface area contributed by atoms with Crippen molar-refractivity contribution in [3.63, 3.8) is 0 Å². The van der Waals surface area contributed by atoms with Gasteiger partial charge in [-0.3, -0.25) is 4.79 Å². The average Bonchev–Trinajstić information content (AvgIpc) is 2.73. The Morgan fingerprint density at radius 3 is 2.44 bits per heavy atom. The van der Waals surface area contributed by atoms with E-state index in [0.717, 1.165) is 11.1 Å². The van der Waals surface area contributed by atoms with Gasteiger partial charge in [0.05, 0.1) is 5.02 Å². The summed E-state index contributed by atoms with van der Waals surface area (Å²) in [6, 6.07) is 20.6. The van der Waals surface area contributed by atoms with E-state index >= 15 is 0 Å². The molecule has 0 spiro atoms. The van der Waals surface area contributed by atoms with Crippen LogP contribution in [0.3, 0.4) is 0 Å². The van der Waals surface area contributed by atoms with Crippen LogP contribution in [-0.2, 0) is 0 Å². The number of fused-ring (bicyclic) bond motifs is 1. The molecule has 1 heterocycles. The second kappa shape index (κ2) is 7.72. The number of halogens is 1. The zero-order chi connectivity index (χ0) is 18.6. The summed E-state index contributed by atoms with van der Waals surface area (Å²) >= 11 is 6.33. The molecule has 3 aromatic carbocycles. The molecule has 4 rings (SSSR count). The largest absolute Gasteiger partial charge is 0.486 e. The molecule has 5 heteroatoms. The second-order valence-electron chi connectivity index (χ2n) is 6.08. The average molecular weight is 381 g/mol. The summed E-state index contributed by atoms with van der Waals surface area (Å²) in [7, 11) is 0. The third-order valence-electron chi connectivity index (χ3n) is 4.26. The molecule has 0 saturated carbocycles. The minimum atomic E-state index is -0.157. The normalized spacial score (nSPS) is 12.5. The van der Waals surface area contributed by atoms with Crippen LogP contribution in [0.4, 0.5) is 0 Å². The first-order valence-electron chi connectivity index (χ1n) is 8.61. The maximum Gasteiger partial charge on any atom is 0.200 e. The Balaban J connectivity index is 1.45. The van der Waals surface area contributed by atoms with E-state index in [1.54, 1.807) is 24.3 Å². The van der Waals surface area contributed by atoms with Crippen LogP contribution in [0.5, 0.6) is 17.2 Å². The van der Waals surface area contributed by atoms with Gasteiger partial charge in [-0.15, -0.1) is 0 Å². The third kappa shape index (κ3) is 3.91. The van der Waals surface area contributed by atoms with Gasteiger partial charge in [0, 0.05) is 5.56 Å². The van der Waals surface area contributed by atoms with E-state index in [2.05, 4.69) is 0 Å². The second-order valence-corrected chi connectivity index (χ2v) is 6.49. The Hall–Kier alpha value is -2.98. The Kier molecular flexibility index (Phi) is 4.99. The zero-order valence-corrected chi connectivity index (χ0v) is 15.2. The molecule has 0 aliphatic carbocycles. The first-order chi connectivity index (χ1) is 13.2. The smallest absolute Gasteiger partial charge is 0.200 e. The van der Waals surface area contributed by atoms with E-state index in [4.69, 9.17) is 25.8 Å². The molecule has 27 heavy (non-hydrogen) atoms. The monoisotopic (exact) mass is 380 g/mol. The molecular weight excluding hydrogens is 364 g/mol. The van der Waals surface area contributed by atoms with Crippen LogP contribution in [0.1, 0.15) is 10.4 Å². The predicted molar refractivity (Wildman–Crippen MR) is 104 cm³/mol. The minimum absolute atomic E-state index is 0.107. The number of rotatable bonds is 5. The van der Waals surface area contributed by atoms with Crippen LogP contribution in [0.2, 0.25) is 5.02 Å². The van der Waals surface area contributed by atoms with Gasteiger partial charge in [0.2, 0.25) is 0 Å². The van der Waals surface area contributed by atoms with Gasteiger partial charge in [-0.25, -0.2) is 0 Å². The number of Topliss-reactive ketones (excluding diaryl/α,β-unsaturated/α-hetero) is 1. The molecule has 0 unspecified atom stereocenters. The van der Waals surface area contributed by atoms with Crippen LogP contribution in [0.15, 0.2) is 66.7 Å². The van der Waals surface area contributed by atoms with E-state index in [9.17, 15) is 4.79 Å². The highest BCUT2D eigenvalue weighted by Crippen LogP contribution is 2.32. The lowest BCUT2D eigenvalue weighted by Crippen LogP contribution is -2.17. The quantitative estimate of drug-likeness (QED) is 0.582. The molecule has 0 bridgehead atoms. The van der Waals surface area contributed by atoms with E-state index in [1.807, 2.05) is 42.5 Å². The minimum Gasteiger partial charge on any atom is -0.486 e. The van der Waals surface area contributed by atoms with E-state index in [1.165, 1.54) is 0 Å². The zero-order valence-electron chi connectivity index (χ0n) is 14.5. The van der Waals surface area contributed by atoms with E-state index in [0.29, 0.717) is 41.0 Å². The molecule has 0 fully saturated rings. The molecule has 1 aliphatic rings. The SMILES string of the molecule is O=C(COc1ccc(-c2ccccc2)cc1Cl)c1ccc2c(c1)OCCO2. The van der Waals surface area contributed by atoms with Crippen molar-refractivity contribution in [2.45, 2.75) is 0 Å². The summed E-state index contributed by atoms with van der Waals surface area (Å²) in [4.78, 5) is 12.4.